The van der Waals surface area contributed by atoms with Crippen LogP contribution >= 0.6 is 0 Å². The lowest BCUT2D eigenvalue weighted by atomic mass is 10.1. The number of aryl methyl sites for hydroxylation is 2. The average molecular weight is 250 g/mol. The molecule has 0 spiro atoms. The van der Waals surface area contributed by atoms with Gasteiger partial charge in [0, 0.05) is 11.1 Å². The van der Waals surface area contributed by atoms with Gasteiger partial charge in [0.1, 0.15) is 11.5 Å². The fourth-order valence-corrected chi connectivity index (χ4v) is 1.68. The SMILES string of the molecule is CCc1c(CC)c(=O)oc(C)ccc(C)oc1=O. The smallest absolute Gasteiger partial charge is 0.339 e. The van der Waals surface area contributed by atoms with Gasteiger partial charge in [0.15, 0.2) is 0 Å². The summed E-state index contributed by atoms with van der Waals surface area (Å²) in [7, 11) is 0. The molecule has 0 bridgehead atoms. The van der Waals surface area contributed by atoms with E-state index in [9.17, 15) is 9.59 Å². The topological polar surface area (TPSA) is 60.4 Å². The van der Waals surface area contributed by atoms with E-state index in [-0.39, 0.29) is 0 Å². The number of hydrogen-bond acceptors (Lipinski definition) is 4. The molecule has 0 radical (unpaired) electrons. The largest absolute Gasteiger partial charge is 0.428 e. The van der Waals surface area contributed by atoms with E-state index in [1.807, 2.05) is 13.8 Å². The van der Waals surface area contributed by atoms with Crippen LogP contribution in [0.4, 0.5) is 0 Å². The van der Waals surface area contributed by atoms with Crippen molar-refractivity contribution in [3.8, 4) is 0 Å². The molecule has 0 saturated carbocycles. The molecule has 1 aromatic rings. The predicted octanol–water partition coefficient (Wildman–Crippen LogP) is 2.46. The lowest BCUT2D eigenvalue weighted by molar-refractivity contribution is 0.459. The lowest BCUT2D eigenvalue weighted by Gasteiger charge is -1.98. The standard InChI is InChI=1S/C14H18O4/c1-5-11-12(6-2)14(16)18-10(4)8-7-9(3)17-13(11)15/h7-8H,5-6H2,1-4H3. The van der Waals surface area contributed by atoms with Crippen molar-refractivity contribution in [1.29, 1.82) is 0 Å². The van der Waals surface area contributed by atoms with Crippen molar-refractivity contribution in [1.82, 2.24) is 0 Å². The van der Waals surface area contributed by atoms with Crippen LogP contribution < -0.4 is 11.3 Å². The zero-order chi connectivity index (χ0) is 13.7. The fourth-order valence-electron chi connectivity index (χ4n) is 1.68. The zero-order valence-corrected chi connectivity index (χ0v) is 11.2. The second-order valence-electron chi connectivity index (χ2n) is 4.00. The van der Waals surface area contributed by atoms with Crippen LogP contribution in [0.15, 0.2) is 30.6 Å². The summed E-state index contributed by atoms with van der Waals surface area (Å²) in [5.41, 5.74) is -0.198. The summed E-state index contributed by atoms with van der Waals surface area (Å²) in [6.45, 7) is 6.99. The van der Waals surface area contributed by atoms with Gasteiger partial charge in [-0.1, -0.05) is 13.8 Å². The maximum absolute atomic E-state index is 11.9. The van der Waals surface area contributed by atoms with Crippen molar-refractivity contribution in [3.05, 3.63) is 55.6 Å². The van der Waals surface area contributed by atoms with Crippen molar-refractivity contribution in [2.75, 3.05) is 0 Å². The molecule has 0 aliphatic rings. The molecule has 0 amide bonds. The summed E-state index contributed by atoms with van der Waals surface area (Å²) >= 11 is 0. The molecule has 0 aliphatic heterocycles. The van der Waals surface area contributed by atoms with Gasteiger partial charge >= 0.3 is 11.3 Å². The van der Waals surface area contributed by atoms with E-state index in [0.717, 1.165) is 0 Å². The summed E-state index contributed by atoms with van der Waals surface area (Å²) in [4.78, 5) is 23.8. The summed E-state index contributed by atoms with van der Waals surface area (Å²) in [5, 5.41) is 0. The molecule has 0 N–H and O–H groups in total. The van der Waals surface area contributed by atoms with Crippen LogP contribution in [-0.4, -0.2) is 0 Å². The van der Waals surface area contributed by atoms with Crippen molar-refractivity contribution < 1.29 is 8.83 Å². The Bertz CT molecular complexity index is 538. The van der Waals surface area contributed by atoms with Gasteiger partial charge in [-0.3, -0.25) is 0 Å². The van der Waals surface area contributed by atoms with E-state index in [2.05, 4.69) is 0 Å². The highest BCUT2D eigenvalue weighted by molar-refractivity contribution is 5.19. The zero-order valence-electron chi connectivity index (χ0n) is 11.2. The van der Waals surface area contributed by atoms with Crippen molar-refractivity contribution in [2.24, 2.45) is 0 Å². The van der Waals surface area contributed by atoms with Crippen molar-refractivity contribution >= 4 is 0 Å². The van der Waals surface area contributed by atoms with Crippen LogP contribution in [0.5, 0.6) is 0 Å². The predicted molar refractivity (Wildman–Crippen MR) is 69.4 cm³/mol. The minimum Gasteiger partial charge on any atom is -0.428 e. The molecule has 98 valence electrons. The van der Waals surface area contributed by atoms with E-state index >= 15 is 0 Å². The molecule has 4 heteroatoms. The van der Waals surface area contributed by atoms with Gasteiger partial charge in [-0.2, -0.15) is 0 Å². The molecule has 0 saturated heterocycles. The quantitative estimate of drug-likeness (QED) is 0.809. The van der Waals surface area contributed by atoms with Crippen LogP contribution in [0.2, 0.25) is 0 Å². The third kappa shape index (κ3) is 3.32. The Kier molecular flexibility index (Phi) is 4.89. The molecule has 18 heavy (non-hydrogen) atoms. The Morgan fingerprint density at radius 1 is 0.833 bits per heavy atom. The van der Waals surface area contributed by atoms with Gasteiger partial charge in [0.05, 0.1) is 0 Å². The van der Waals surface area contributed by atoms with Gasteiger partial charge in [0.25, 0.3) is 0 Å². The first-order valence-electron chi connectivity index (χ1n) is 6.01. The second kappa shape index (κ2) is 6.19. The van der Waals surface area contributed by atoms with Gasteiger partial charge in [-0.15, -0.1) is 0 Å². The molecular formula is C14H18O4. The van der Waals surface area contributed by atoms with Crippen LogP contribution in [0.1, 0.15) is 36.5 Å². The second-order valence-corrected chi connectivity index (χ2v) is 4.00. The molecule has 0 unspecified atom stereocenters. The normalized spacial score (nSPS) is 10.0. The van der Waals surface area contributed by atoms with Gasteiger partial charge < -0.3 is 8.83 Å². The Morgan fingerprint density at radius 2 is 1.17 bits per heavy atom. The molecule has 0 aromatic carbocycles. The number of rotatable bonds is 2. The summed E-state index contributed by atoms with van der Waals surface area (Å²) in [6, 6.07) is 3.20. The van der Waals surface area contributed by atoms with Crippen LogP contribution in [0.3, 0.4) is 0 Å². The Labute approximate surface area is 106 Å². The Hall–Kier alpha value is -1.84. The average Bonchev–Trinajstić information content (AvgIpc) is 2.31. The van der Waals surface area contributed by atoms with Crippen molar-refractivity contribution in [3.63, 3.8) is 0 Å². The lowest BCUT2D eigenvalue weighted by Crippen LogP contribution is -2.15. The van der Waals surface area contributed by atoms with E-state index in [4.69, 9.17) is 8.83 Å². The molecule has 0 fully saturated rings. The van der Waals surface area contributed by atoms with Gasteiger partial charge in [-0.25, -0.2) is 9.59 Å². The Morgan fingerprint density at radius 3 is 1.44 bits per heavy atom. The number of hydrogen-bond donors (Lipinski definition) is 0. The summed E-state index contributed by atoms with van der Waals surface area (Å²) < 4.78 is 10.3. The molecule has 1 rings (SSSR count). The Balaban J connectivity index is 3.92. The molecule has 0 atom stereocenters. The molecule has 1 aromatic heterocycles. The molecule has 0 aliphatic carbocycles. The third-order valence-corrected chi connectivity index (χ3v) is 2.62. The van der Waals surface area contributed by atoms with E-state index in [1.54, 1.807) is 26.0 Å². The van der Waals surface area contributed by atoms with Crippen LogP contribution in [0.25, 0.3) is 0 Å². The van der Waals surface area contributed by atoms with Crippen LogP contribution in [-0.2, 0) is 12.8 Å². The molecular weight excluding hydrogens is 232 g/mol. The van der Waals surface area contributed by atoms with Gasteiger partial charge in [0.2, 0.25) is 0 Å². The van der Waals surface area contributed by atoms with Crippen molar-refractivity contribution in [2.45, 2.75) is 40.5 Å². The fraction of sp³-hybridized carbons (Fsp3) is 0.429. The first-order valence-corrected chi connectivity index (χ1v) is 6.01. The maximum Gasteiger partial charge on any atom is 0.339 e. The highest BCUT2D eigenvalue weighted by Gasteiger charge is 2.08. The highest BCUT2D eigenvalue weighted by Crippen LogP contribution is 2.01. The first kappa shape index (κ1) is 14.2. The molecule has 1 heterocycles. The highest BCUT2D eigenvalue weighted by atomic mass is 16.4. The summed E-state index contributed by atoms with van der Waals surface area (Å²) in [6.07, 6.45) is 0.875. The third-order valence-electron chi connectivity index (χ3n) is 2.62. The minimum atomic E-state index is -0.479. The minimum absolute atomic E-state index is 0.380. The van der Waals surface area contributed by atoms with Gasteiger partial charge in [-0.05, 0) is 38.8 Å². The molecule has 4 nitrogen and oxygen atoms in total. The van der Waals surface area contributed by atoms with E-state index < -0.39 is 11.3 Å². The summed E-state index contributed by atoms with van der Waals surface area (Å²) in [5.74, 6) is 0.942. The monoisotopic (exact) mass is 250 g/mol. The first-order chi connectivity index (χ1) is 8.49. The van der Waals surface area contributed by atoms with Crippen LogP contribution in [0, 0.1) is 13.8 Å². The van der Waals surface area contributed by atoms with E-state index in [1.165, 1.54) is 0 Å². The van der Waals surface area contributed by atoms with E-state index in [0.29, 0.717) is 35.5 Å². The maximum atomic E-state index is 11.9.